The van der Waals surface area contributed by atoms with E-state index in [0.717, 1.165) is 11.6 Å². The van der Waals surface area contributed by atoms with Crippen LogP contribution in [0.1, 0.15) is 11.1 Å². The van der Waals surface area contributed by atoms with Gasteiger partial charge in [-0.3, -0.25) is 0 Å². The second-order valence-electron chi connectivity index (χ2n) is 4.51. The number of halogens is 4. The first-order chi connectivity index (χ1) is 9.36. The first-order valence-electron chi connectivity index (χ1n) is 6.04. The molecule has 0 aliphatic rings. The van der Waals surface area contributed by atoms with Crippen LogP contribution in [0.3, 0.4) is 0 Å². The van der Waals surface area contributed by atoms with Crippen molar-refractivity contribution in [2.24, 2.45) is 0 Å². The van der Waals surface area contributed by atoms with Crippen molar-refractivity contribution < 1.29 is 73.5 Å². The van der Waals surface area contributed by atoms with E-state index < -0.39 is 12.4 Å². The first-order valence-corrected chi connectivity index (χ1v) is 6.04. The van der Waals surface area contributed by atoms with Crippen molar-refractivity contribution in [3.63, 3.8) is 0 Å². The van der Waals surface area contributed by atoms with Crippen molar-refractivity contribution in [2.75, 3.05) is 0 Å². The first kappa shape index (κ1) is 18.7. The molecule has 0 bridgehead atoms. The summed E-state index contributed by atoms with van der Waals surface area (Å²) in [4.78, 5) is 0. The minimum absolute atomic E-state index is 0. The van der Waals surface area contributed by atoms with Gasteiger partial charge in [0.05, 0.1) is 0 Å². The van der Waals surface area contributed by atoms with Gasteiger partial charge in [0, 0.05) is 0 Å². The van der Waals surface area contributed by atoms with Crippen molar-refractivity contribution in [2.45, 2.75) is 13.5 Å². The summed E-state index contributed by atoms with van der Waals surface area (Å²) in [5.74, 6) is 0.0111. The average molecular weight is 322 g/mol. The summed E-state index contributed by atoms with van der Waals surface area (Å²) < 4.78 is 56.1. The fourth-order valence-electron chi connectivity index (χ4n) is 1.85. The van der Waals surface area contributed by atoms with Gasteiger partial charge in [-0.1, -0.05) is 23.8 Å². The van der Waals surface area contributed by atoms with Crippen LogP contribution in [-0.4, -0.2) is 6.98 Å². The van der Waals surface area contributed by atoms with E-state index in [-0.39, 0.29) is 69.4 Å². The Hall–Kier alpha value is -0.339. The third-order valence-electron chi connectivity index (χ3n) is 2.91. The van der Waals surface area contributed by atoms with Crippen molar-refractivity contribution in [3.8, 4) is 5.75 Å². The van der Waals surface area contributed by atoms with Crippen LogP contribution in [0.2, 0.25) is 0 Å². The van der Waals surface area contributed by atoms with E-state index in [0.29, 0.717) is 5.75 Å². The van der Waals surface area contributed by atoms with Gasteiger partial charge in [-0.15, -0.1) is 5.46 Å². The van der Waals surface area contributed by atoms with Crippen molar-refractivity contribution in [3.05, 3.63) is 59.4 Å². The molecule has 0 fully saturated rings. The number of benzene rings is 2. The molecule has 0 unspecified atom stereocenters. The molecular formula is C14H12BF4KO. The van der Waals surface area contributed by atoms with E-state index in [1.54, 1.807) is 12.1 Å². The normalized spacial score (nSPS) is 10.9. The standard InChI is InChI=1S/C14H12BF4O.K/c1-10-8-13(6-7-14(10)15(17,18)19)20-9-11-2-4-12(16)5-3-11;/h2-8H,9H2,1H3;/q-1;+1. The largest absolute Gasteiger partial charge is 1.00 e. The Bertz CT molecular complexity index is 599. The van der Waals surface area contributed by atoms with Gasteiger partial charge in [-0.05, 0) is 36.8 Å². The summed E-state index contributed by atoms with van der Waals surface area (Å²) >= 11 is 0. The van der Waals surface area contributed by atoms with Gasteiger partial charge in [0.1, 0.15) is 18.2 Å². The summed E-state index contributed by atoms with van der Waals surface area (Å²) in [6.07, 6.45) is 0. The maximum Gasteiger partial charge on any atom is 1.00 e. The van der Waals surface area contributed by atoms with Gasteiger partial charge in [-0.2, -0.15) is 0 Å². The van der Waals surface area contributed by atoms with Crippen molar-refractivity contribution in [1.29, 1.82) is 0 Å². The van der Waals surface area contributed by atoms with Crippen LogP contribution in [0.4, 0.5) is 17.3 Å². The molecule has 1 nitrogen and oxygen atoms in total. The molecule has 21 heavy (non-hydrogen) atoms. The summed E-state index contributed by atoms with van der Waals surface area (Å²) in [5, 5.41) is 0. The molecule has 0 spiro atoms. The van der Waals surface area contributed by atoms with Crippen LogP contribution in [-0.2, 0) is 6.61 Å². The number of aryl methyl sites for hydroxylation is 1. The van der Waals surface area contributed by atoms with Crippen LogP contribution in [0.15, 0.2) is 42.5 Å². The van der Waals surface area contributed by atoms with Crippen LogP contribution in [0.25, 0.3) is 0 Å². The Morgan fingerprint density at radius 2 is 1.62 bits per heavy atom. The molecular weight excluding hydrogens is 310 g/mol. The van der Waals surface area contributed by atoms with E-state index in [4.69, 9.17) is 4.74 Å². The summed E-state index contributed by atoms with van der Waals surface area (Å²) in [6, 6.07) is 9.41. The molecule has 0 aliphatic heterocycles. The number of rotatable bonds is 4. The Morgan fingerprint density at radius 1 is 1.00 bits per heavy atom. The molecule has 2 rings (SSSR count). The molecule has 0 saturated carbocycles. The summed E-state index contributed by atoms with van der Waals surface area (Å²) in [6.45, 7) is -3.43. The average Bonchev–Trinajstić information content (AvgIpc) is 2.36. The topological polar surface area (TPSA) is 9.23 Å². The number of ether oxygens (including phenoxy) is 1. The Balaban J connectivity index is 0.00000220. The molecule has 0 radical (unpaired) electrons. The quantitative estimate of drug-likeness (QED) is 0.597. The molecule has 2 aromatic carbocycles. The second kappa shape index (κ2) is 7.78. The summed E-state index contributed by atoms with van der Waals surface area (Å²) in [5.41, 5.74) is 0.265. The zero-order valence-electron chi connectivity index (χ0n) is 11.7. The zero-order chi connectivity index (χ0) is 14.8. The van der Waals surface area contributed by atoms with Crippen LogP contribution in [0, 0.1) is 12.7 Å². The predicted molar refractivity (Wildman–Crippen MR) is 70.6 cm³/mol. The number of hydrogen-bond donors (Lipinski definition) is 0. The Kier molecular flexibility index (Phi) is 6.93. The third-order valence-corrected chi connectivity index (χ3v) is 2.91. The van der Waals surface area contributed by atoms with Gasteiger partial charge in [0.2, 0.25) is 0 Å². The van der Waals surface area contributed by atoms with Gasteiger partial charge >= 0.3 is 58.4 Å². The van der Waals surface area contributed by atoms with Gasteiger partial charge in [0.25, 0.3) is 0 Å². The van der Waals surface area contributed by atoms with Gasteiger partial charge in [-0.25, -0.2) is 4.39 Å². The molecule has 7 heteroatoms. The van der Waals surface area contributed by atoms with Crippen molar-refractivity contribution in [1.82, 2.24) is 0 Å². The van der Waals surface area contributed by atoms with Crippen molar-refractivity contribution >= 4 is 12.4 Å². The molecule has 0 N–H and O–H groups in total. The van der Waals surface area contributed by atoms with E-state index in [2.05, 4.69) is 0 Å². The Labute approximate surface area is 163 Å². The fraction of sp³-hybridized carbons (Fsp3) is 0.143. The molecule has 106 valence electrons. The molecule has 0 atom stereocenters. The second-order valence-corrected chi connectivity index (χ2v) is 4.51. The van der Waals surface area contributed by atoms with E-state index in [9.17, 15) is 17.3 Å². The SMILES string of the molecule is Cc1cc(OCc2ccc(F)cc2)ccc1[B-](F)(F)F.[K+]. The molecule has 0 saturated heterocycles. The van der Waals surface area contributed by atoms with Crippen LogP contribution >= 0.6 is 0 Å². The zero-order valence-corrected chi connectivity index (χ0v) is 14.9. The van der Waals surface area contributed by atoms with Crippen LogP contribution < -0.4 is 61.6 Å². The van der Waals surface area contributed by atoms with E-state index in [1.807, 2.05) is 0 Å². The summed E-state index contributed by atoms with van der Waals surface area (Å²) in [7, 11) is 0. The van der Waals surface area contributed by atoms with Crippen LogP contribution in [0.5, 0.6) is 5.75 Å². The molecule has 0 aliphatic carbocycles. The maximum absolute atomic E-state index is 12.7. The fourth-order valence-corrected chi connectivity index (χ4v) is 1.85. The van der Waals surface area contributed by atoms with Gasteiger partial charge in [0.15, 0.2) is 0 Å². The molecule has 2 aromatic rings. The third kappa shape index (κ3) is 5.41. The van der Waals surface area contributed by atoms with E-state index >= 15 is 0 Å². The Morgan fingerprint density at radius 3 is 2.14 bits per heavy atom. The molecule has 0 heterocycles. The minimum Gasteiger partial charge on any atom is -0.489 e. The van der Waals surface area contributed by atoms with E-state index in [1.165, 1.54) is 31.2 Å². The maximum atomic E-state index is 12.7. The number of hydrogen-bond acceptors (Lipinski definition) is 1. The smallest absolute Gasteiger partial charge is 0.489 e. The predicted octanol–water partition coefficient (Wildman–Crippen LogP) is 0.772. The monoisotopic (exact) mass is 322 g/mol. The van der Waals surface area contributed by atoms with Gasteiger partial charge < -0.3 is 17.7 Å². The minimum atomic E-state index is -5.00. The molecule has 0 aromatic heterocycles. The molecule has 0 amide bonds.